The SMILES string of the molecule is C/C=C/CCCCCCCCCCC(=O)OCCCC. The van der Waals surface area contributed by atoms with E-state index in [1.54, 1.807) is 0 Å². The van der Waals surface area contributed by atoms with E-state index in [1.165, 1.54) is 51.4 Å². The van der Waals surface area contributed by atoms with Crippen LogP contribution < -0.4 is 0 Å². The molecule has 0 rings (SSSR count). The molecule has 0 radical (unpaired) electrons. The quantitative estimate of drug-likeness (QED) is 0.228. The van der Waals surface area contributed by atoms with Crippen LogP contribution in [-0.4, -0.2) is 12.6 Å². The molecule has 0 aromatic carbocycles. The Morgan fingerprint density at radius 3 is 2.10 bits per heavy atom. The van der Waals surface area contributed by atoms with Gasteiger partial charge in [0.2, 0.25) is 0 Å². The highest BCUT2D eigenvalue weighted by Crippen LogP contribution is 2.11. The smallest absolute Gasteiger partial charge is 0.305 e. The number of esters is 1. The molecule has 0 aromatic rings. The van der Waals surface area contributed by atoms with Crippen molar-refractivity contribution in [3.8, 4) is 0 Å². The summed E-state index contributed by atoms with van der Waals surface area (Å²) < 4.78 is 5.13. The average molecular weight is 282 g/mol. The molecule has 20 heavy (non-hydrogen) atoms. The number of allylic oxidation sites excluding steroid dienone is 2. The number of carbonyl (C=O) groups excluding carboxylic acids is 1. The molecule has 118 valence electrons. The van der Waals surface area contributed by atoms with Crippen molar-refractivity contribution < 1.29 is 9.53 Å². The van der Waals surface area contributed by atoms with Crippen molar-refractivity contribution >= 4 is 5.97 Å². The van der Waals surface area contributed by atoms with E-state index in [-0.39, 0.29) is 5.97 Å². The lowest BCUT2D eigenvalue weighted by atomic mass is 10.1. The van der Waals surface area contributed by atoms with Crippen molar-refractivity contribution in [2.45, 2.75) is 90.9 Å². The summed E-state index contributed by atoms with van der Waals surface area (Å²) in [4.78, 5) is 11.4. The van der Waals surface area contributed by atoms with Crippen LogP contribution in [0.5, 0.6) is 0 Å². The maximum absolute atomic E-state index is 11.4. The lowest BCUT2D eigenvalue weighted by Gasteiger charge is -2.04. The van der Waals surface area contributed by atoms with Gasteiger partial charge in [0.1, 0.15) is 0 Å². The highest BCUT2D eigenvalue weighted by atomic mass is 16.5. The lowest BCUT2D eigenvalue weighted by molar-refractivity contribution is -0.143. The average Bonchev–Trinajstić information content (AvgIpc) is 2.45. The molecule has 0 fully saturated rings. The fourth-order valence-electron chi connectivity index (χ4n) is 2.16. The van der Waals surface area contributed by atoms with Gasteiger partial charge >= 0.3 is 5.97 Å². The molecule has 2 nitrogen and oxygen atoms in total. The van der Waals surface area contributed by atoms with E-state index in [2.05, 4.69) is 26.0 Å². The van der Waals surface area contributed by atoms with E-state index in [0.29, 0.717) is 13.0 Å². The van der Waals surface area contributed by atoms with Gasteiger partial charge in [-0.2, -0.15) is 0 Å². The normalized spacial score (nSPS) is 11.1. The molecule has 0 saturated heterocycles. The van der Waals surface area contributed by atoms with Crippen LogP contribution in [0.1, 0.15) is 90.9 Å². The summed E-state index contributed by atoms with van der Waals surface area (Å²) in [7, 11) is 0. The van der Waals surface area contributed by atoms with Crippen LogP contribution in [0.15, 0.2) is 12.2 Å². The van der Waals surface area contributed by atoms with Gasteiger partial charge in [-0.25, -0.2) is 0 Å². The molecule has 0 aliphatic rings. The molecule has 0 bridgehead atoms. The van der Waals surface area contributed by atoms with Crippen molar-refractivity contribution in [1.82, 2.24) is 0 Å². The Hall–Kier alpha value is -0.790. The second-order valence-electron chi connectivity index (χ2n) is 5.51. The largest absolute Gasteiger partial charge is 0.466 e. The van der Waals surface area contributed by atoms with Gasteiger partial charge in [-0.15, -0.1) is 0 Å². The van der Waals surface area contributed by atoms with Crippen LogP contribution in [-0.2, 0) is 9.53 Å². The molecule has 0 aliphatic carbocycles. The molecular formula is C18H34O2. The van der Waals surface area contributed by atoms with Gasteiger partial charge in [0, 0.05) is 6.42 Å². The third kappa shape index (κ3) is 15.3. The number of hydrogen-bond acceptors (Lipinski definition) is 2. The molecule has 0 saturated carbocycles. The number of unbranched alkanes of at least 4 members (excludes halogenated alkanes) is 9. The molecule has 0 aliphatic heterocycles. The van der Waals surface area contributed by atoms with E-state index in [4.69, 9.17) is 4.74 Å². The van der Waals surface area contributed by atoms with Crippen molar-refractivity contribution in [1.29, 1.82) is 0 Å². The zero-order chi connectivity index (χ0) is 14.9. The number of carbonyl (C=O) groups is 1. The predicted molar refractivity (Wildman–Crippen MR) is 86.9 cm³/mol. The van der Waals surface area contributed by atoms with Crippen LogP contribution in [0.4, 0.5) is 0 Å². The summed E-state index contributed by atoms with van der Waals surface area (Å²) >= 11 is 0. The Kier molecular flexibility index (Phi) is 15.6. The summed E-state index contributed by atoms with van der Waals surface area (Å²) in [5, 5.41) is 0. The van der Waals surface area contributed by atoms with Gasteiger partial charge in [-0.05, 0) is 32.6 Å². The van der Waals surface area contributed by atoms with Gasteiger partial charge in [-0.3, -0.25) is 4.79 Å². The Bertz CT molecular complexity index is 234. The van der Waals surface area contributed by atoms with E-state index >= 15 is 0 Å². The second-order valence-corrected chi connectivity index (χ2v) is 5.51. The van der Waals surface area contributed by atoms with E-state index < -0.39 is 0 Å². The molecule has 0 aromatic heterocycles. The van der Waals surface area contributed by atoms with Crippen molar-refractivity contribution in [2.75, 3.05) is 6.61 Å². The first-order valence-corrected chi connectivity index (χ1v) is 8.58. The molecule has 2 heteroatoms. The van der Waals surface area contributed by atoms with Crippen LogP contribution in [0, 0.1) is 0 Å². The van der Waals surface area contributed by atoms with E-state index in [1.807, 2.05) is 0 Å². The van der Waals surface area contributed by atoms with Crippen molar-refractivity contribution in [2.24, 2.45) is 0 Å². The standard InChI is InChI=1S/C18H34O2/c1-3-5-7-8-9-10-11-12-13-14-15-16-18(19)20-17-6-4-2/h3,5H,4,6-17H2,1-2H3/b5-3+. The van der Waals surface area contributed by atoms with Crippen LogP contribution >= 0.6 is 0 Å². The van der Waals surface area contributed by atoms with Gasteiger partial charge in [0.05, 0.1) is 6.61 Å². The fraction of sp³-hybridized carbons (Fsp3) is 0.833. The third-order valence-electron chi connectivity index (χ3n) is 3.50. The zero-order valence-corrected chi connectivity index (χ0v) is 13.7. The second kappa shape index (κ2) is 16.3. The Labute approximate surface area is 126 Å². The van der Waals surface area contributed by atoms with Gasteiger partial charge in [0.25, 0.3) is 0 Å². The van der Waals surface area contributed by atoms with E-state index in [9.17, 15) is 4.79 Å². The maximum atomic E-state index is 11.4. The van der Waals surface area contributed by atoms with Crippen molar-refractivity contribution in [3.05, 3.63) is 12.2 Å². The van der Waals surface area contributed by atoms with Gasteiger partial charge in [-0.1, -0.05) is 64.0 Å². The number of ether oxygens (including phenoxy) is 1. The summed E-state index contributed by atoms with van der Waals surface area (Å²) in [6, 6.07) is 0. The fourth-order valence-corrected chi connectivity index (χ4v) is 2.16. The minimum absolute atomic E-state index is 0.0116. The van der Waals surface area contributed by atoms with Crippen molar-refractivity contribution in [3.63, 3.8) is 0 Å². The topological polar surface area (TPSA) is 26.3 Å². The molecule has 0 unspecified atom stereocenters. The first kappa shape index (κ1) is 19.2. The van der Waals surface area contributed by atoms with Crippen LogP contribution in [0.2, 0.25) is 0 Å². The molecule has 0 heterocycles. The Balaban J connectivity index is 3.10. The van der Waals surface area contributed by atoms with E-state index in [0.717, 1.165) is 19.3 Å². The lowest BCUT2D eigenvalue weighted by Crippen LogP contribution is -2.05. The van der Waals surface area contributed by atoms with Crippen LogP contribution in [0.3, 0.4) is 0 Å². The van der Waals surface area contributed by atoms with Crippen LogP contribution in [0.25, 0.3) is 0 Å². The Morgan fingerprint density at radius 2 is 1.50 bits per heavy atom. The summed E-state index contributed by atoms with van der Waals surface area (Å²) in [5.74, 6) is -0.0116. The third-order valence-corrected chi connectivity index (χ3v) is 3.50. The Morgan fingerprint density at radius 1 is 0.900 bits per heavy atom. The molecule has 0 spiro atoms. The summed E-state index contributed by atoms with van der Waals surface area (Å²) in [6.07, 6.45) is 18.4. The molecule has 0 N–H and O–H groups in total. The van der Waals surface area contributed by atoms with Gasteiger partial charge in [0.15, 0.2) is 0 Å². The molecular weight excluding hydrogens is 248 g/mol. The first-order chi connectivity index (χ1) is 9.81. The highest BCUT2D eigenvalue weighted by Gasteiger charge is 2.01. The first-order valence-electron chi connectivity index (χ1n) is 8.58. The highest BCUT2D eigenvalue weighted by molar-refractivity contribution is 5.69. The number of hydrogen-bond donors (Lipinski definition) is 0. The molecule has 0 amide bonds. The number of rotatable bonds is 14. The molecule has 0 atom stereocenters. The summed E-state index contributed by atoms with van der Waals surface area (Å²) in [6.45, 7) is 4.79. The maximum Gasteiger partial charge on any atom is 0.305 e. The predicted octanol–water partition coefficient (Wildman–Crippen LogP) is 5.81. The van der Waals surface area contributed by atoms with Gasteiger partial charge < -0.3 is 4.74 Å². The minimum atomic E-state index is -0.0116. The summed E-state index contributed by atoms with van der Waals surface area (Å²) in [5.41, 5.74) is 0. The zero-order valence-electron chi connectivity index (χ0n) is 13.7. The monoisotopic (exact) mass is 282 g/mol. The minimum Gasteiger partial charge on any atom is -0.466 e.